The maximum Gasteiger partial charge on any atom is 0.460 e. The molecule has 0 bridgehead atoms. The molecule has 61 heavy (non-hydrogen) atoms. The Labute approximate surface area is 324 Å². The van der Waals surface area contributed by atoms with Crippen LogP contribution in [0.25, 0.3) is 0 Å². The van der Waals surface area contributed by atoms with Gasteiger partial charge in [-0.15, -0.1) is 0 Å². The van der Waals surface area contributed by atoms with Crippen LogP contribution in [0.15, 0.2) is 0 Å². The monoisotopic (exact) mass is 1010 g/mol. The van der Waals surface area contributed by atoms with Crippen molar-refractivity contribution in [1.29, 1.82) is 0 Å². The smallest absolute Gasteiger partial charge is 0.395 e. The first-order valence-electron chi connectivity index (χ1n) is 15.1. The standard InChI is InChI=1S/C24H27F25N2O8S2/c1-51(2,8-12(54)10-53)6-4-11(9-52)50(5-3-7-60(55,56)57)61(58,59)24(48,49)22(43,44)20(39,40)18(35,36)16(31,32)14(27,28)13(25,26)15(29,30)17(33,34)19(37,38)21(41,42)23(45,46)47/h11-12,52-54H,3-10H2,1-2H3/p+1. The van der Waals surface area contributed by atoms with Crippen LogP contribution >= 0.6 is 0 Å². The Bertz CT molecular complexity index is 1740. The van der Waals surface area contributed by atoms with E-state index in [1.165, 1.54) is 0 Å². The third-order valence-electron chi connectivity index (χ3n) is 8.29. The van der Waals surface area contributed by atoms with Gasteiger partial charge in [0.1, 0.15) is 12.6 Å². The van der Waals surface area contributed by atoms with Crippen LogP contribution in [-0.2, 0) is 20.1 Å². The molecule has 10 nitrogen and oxygen atoms in total. The van der Waals surface area contributed by atoms with Gasteiger partial charge in [-0.1, -0.05) is 0 Å². The van der Waals surface area contributed by atoms with Gasteiger partial charge in [-0.3, -0.25) is 4.55 Å². The predicted octanol–water partition coefficient (Wildman–Crippen LogP) is 5.58. The second-order valence-electron chi connectivity index (χ2n) is 13.3. The van der Waals surface area contributed by atoms with Gasteiger partial charge in [0.25, 0.3) is 20.1 Å². The van der Waals surface area contributed by atoms with E-state index in [0.717, 1.165) is 14.1 Å². The van der Waals surface area contributed by atoms with E-state index in [1.54, 1.807) is 0 Å². The lowest BCUT2D eigenvalue weighted by Crippen LogP contribution is -2.78. The average molecular weight is 1010 g/mol. The molecule has 4 N–H and O–H groups in total. The summed E-state index contributed by atoms with van der Waals surface area (Å²) in [6.45, 7) is -6.69. The van der Waals surface area contributed by atoms with Gasteiger partial charge in [-0.05, 0) is 6.42 Å². The first kappa shape index (κ1) is 58.9. The van der Waals surface area contributed by atoms with Crippen molar-refractivity contribution in [3.8, 4) is 0 Å². The molecule has 37 heteroatoms. The summed E-state index contributed by atoms with van der Waals surface area (Å²) >= 11 is 0. The minimum Gasteiger partial charge on any atom is -0.395 e. The van der Waals surface area contributed by atoms with Gasteiger partial charge in [0.2, 0.25) is 0 Å². The molecule has 0 amide bonds. The molecule has 0 aliphatic heterocycles. The minimum absolute atomic E-state index is 0.621. The Hall–Kier alpha value is -2.09. The topological polar surface area (TPSA) is 152 Å². The Kier molecular flexibility index (Phi) is 16.5. The normalized spacial score (nSPS) is 17.2. The van der Waals surface area contributed by atoms with E-state index in [-0.39, 0.29) is 0 Å². The lowest BCUT2D eigenvalue weighted by Gasteiger charge is -2.45. The number of aliphatic hydroxyl groups is 3. The van der Waals surface area contributed by atoms with Crippen LogP contribution in [0.1, 0.15) is 12.8 Å². The quantitative estimate of drug-likeness (QED) is 0.0556. The summed E-state index contributed by atoms with van der Waals surface area (Å²) in [6, 6.07) is -2.86. The number of rotatable bonds is 24. The van der Waals surface area contributed by atoms with Crippen molar-refractivity contribution in [3.63, 3.8) is 0 Å². The molecule has 0 aromatic heterocycles. The van der Waals surface area contributed by atoms with E-state index in [2.05, 4.69) is 0 Å². The molecular weight excluding hydrogens is 983 g/mol. The second kappa shape index (κ2) is 17.0. The zero-order valence-corrected chi connectivity index (χ0v) is 31.0. The van der Waals surface area contributed by atoms with E-state index in [9.17, 15) is 128 Å². The Balaban J connectivity index is 7.73. The largest absolute Gasteiger partial charge is 0.460 e. The molecule has 2 unspecified atom stereocenters. The summed E-state index contributed by atoms with van der Waals surface area (Å²) in [4.78, 5) is 0. The Morgan fingerprint density at radius 1 is 0.525 bits per heavy atom. The van der Waals surface area contributed by atoms with Crippen LogP contribution in [-0.4, -0.2) is 181 Å². The fraction of sp³-hybridized carbons (Fsp3) is 1.00. The number of likely N-dealkylation sites (N-methyl/N-ethyl adjacent to an activating group) is 1. The Morgan fingerprint density at radius 2 is 0.836 bits per heavy atom. The third kappa shape index (κ3) is 9.52. The number of quaternary nitrogens is 1. The number of halogens is 25. The van der Waals surface area contributed by atoms with Gasteiger partial charge in [0.15, 0.2) is 0 Å². The average Bonchev–Trinajstić information content (AvgIpc) is 3.05. The van der Waals surface area contributed by atoms with E-state index in [0.29, 0.717) is 0 Å². The molecule has 0 saturated heterocycles. The molecule has 0 aliphatic carbocycles. The molecule has 0 saturated carbocycles. The first-order chi connectivity index (χ1) is 26.2. The highest BCUT2D eigenvalue weighted by Gasteiger charge is 3.00. The van der Waals surface area contributed by atoms with Gasteiger partial charge >= 0.3 is 70.7 Å². The molecule has 0 spiro atoms. The van der Waals surface area contributed by atoms with Crippen LogP contribution in [0.4, 0.5) is 110 Å². The SMILES string of the molecule is C[N+](C)(CCC(CO)N(CCCS(=O)(=O)O)S(=O)(=O)C(F)(F)C(F)(F)C(F)(F)C(F)(F)C(F)(F)C(F)(F)C(F)(F)C(F)(F)C(F)(F)C(F)(F)C(F)(F)C(F)(F)F)CC(O)CO. The number of nitrogens with zero attached hydrogens (tertiary/aromatic N) is 2. The van der Waals surface area contributed by atoms with E-state index in [4.69, 9.17) is 9.66 Å². The summed E-state index contributed by atoms with van der Waals surface area (Å²) in [5, 5.41) is 19.8. The molecule has 0 aliphatic rings. The fourth-order valence-corrected chi connectivity index (χ4v) is 6.87. The van der Waals surface area contributed by atoms with Crippen LogP contribution in [0.3, 0.4) is 0 Å². The molecule has 0 radical (unpaired) electrons. The summed E-state index contributed by atoms with van der Waals surface area (Å²) in [5.41, 5.74) is 0. The number of alkyl halides is 25. The van der Waals surface area contributed by atoms with Gasteiger partial charge < -0.3 is 19.8 Å². The zero-order chi connectivity index (χ0) is 49.9. The number of sulfonamides is 1. The molecule has 0 aromatic carbocycles. The Morgan fingerprint density at radius 3 is 1.11 bits per heavy atom. The molecule has 0 rings (SSSR count). The summed E-state index contributed by atoms with van der Waals surface area (Å²) in [6.07, 6.45) is -13.0. The molecule has 0 fully saturated rings. The molecule has 368 valence electrons. The van der Waals surface area contributed by atoms with Crippen molar-refractivity contribution in [2.75, 3.05) is 52.7 Å². The highest BCUT2D eigenvalue weighted by molar-refractivity contribution is 7.90. The lowest BCUT2D eigenvalue weighted by molar-refractivity contribution is -0.893. The first-order valence-corrected chi connectivity index (χ1v) is 18.2. The molecule has 0 heterocycles. The van der Waals surface area contributed by atoms with Crippen molar-refractivity contribution in [2.45, 2.75) is 95.6 Å². The fourth-order valence-electron chi connectivity index (χ4n) is 4.69. The van der Waals surface area contributed by atoms with Crippen molar-refractivity contribution in [2.24, 2.45) is 0 Å². The van der Waals surface area contributed by atoms with E-state index < -0.39 is 163 Å². The van der Waals surface area contributed by atoms with Gasteiger partial charge in [0.05, 0.1) is 45.6 Å². The summed E-state index contributed by atoms with van der Waals surface area (Å²) in [7, 11) is -11.6. The van der Waals surface area contributed by atoms with Crippen LogP contribution in [0.5, 0.6) is 0 Å². The minimum atomic E-state index is -9.90. The summed E-state index contributed by atoms with van der Waals surface area (Å²) < 4.78 is 402. The molecular formula is C24H28F25N2O8S2+. The van der Waals surface area contributed by atoms with E-state index >= 15 is 8.78 Å². The second-order valence-corrected chi connectivity index (χ2v) is 16.8. The van der Waals surface area contributed by atoms with Crippen molar-refractivity contribution in [1.82, 2.24) is 4.31 Å². The lowest BCUT2D eigenvalue weighted by atomic mass is 9.85. The van der Waals surface area contributed by atoms with Crippen LogP contribution < -0.4 is 0 Å². The van der Waals surface area contributed by atoms with E-state index in [1.807, 2.05) is 0 Å². The third-order valence-corrected chi connectivity index (χ3v) is 11.1. The zero-order valence-electron chi connectivity index (χ0n) is 29.4. The van der Waals surface area contributed by atoms with Crippen molar-refractivity contribution in [3.05, 3.63) is 0 Å². The van der Waals surface area contributed by atoms with Gasteiger partial charge in [-0.2, -0.15) is 122 Å². The summed E-state index contributed by atoms with van der Waals surface area (Å²) in [5.74, 6) is -97.1. The maximum absolute atomic E-state index is 15.2. The van der Waals surface area contributed by atoms with Gasteiger partial charge in [0, 0.05) is 13.0 Å². The van der Waals surface area contributed by atoms with Crippen LogP contribution in [0.2, 0.25) is 0 Å². The van der Waals surface area contributed by atoms with Crippen molar-refractivity contribution >= 4 is 20.1 Å². The number of aliphatic hydroxyl groups excluding tert-OH is 3. The number of hydrogen-bond donors (Lipinski definition) is 4. The van der Waals surface area contributed by atoms with Crippen LogP contribution in [0, 0.1) is 0 Å². The maximum atomic E-state index is 15.2. The molecule has 0 aromatic rings. The highest BCUT2D eigenvalue weighted by Crippen LogP contribution is 2.68. The van der Waals surface area contributed by atoms with Crippen molar-refractivity contribution < 1.29 is 151 Å². The predicted molar refractivity (Wildman–Crippen MR) is 148 cm³/mol. The van der Waals surface area contributed by atoms with Gasteiger partial charge in [-0.25, -0.2) is 8.42 Å². The highest BCUT2D eigenvalue weighted by atomic mass is 32.2. The molecule has 2 atom stereocenters. The number of hydrogen-bond acceptors (Lipinski definition) is 7.